The first-order chi connectivity index (χ1) is 10.1. The van der Waals surface area contributed by atoms with E-state index in [1.54, 1.807) is 0 Å². The predicted molar refractivity (Wildman–Crippen MR) is 89.1 cm³/mol. The number of thiocarbonyl (C=S) groups is 1. The number of aryl methyl sites for hydroxylation is 1. The number of anilines is 3. The van der Waals surface area contributed by atoms with Gasteiger partial charge in [-0.2, -0.15) is 0 Å². The zero-order valence-electron chi connectivity index (χ0n) is 11.6. The van der Waals surface area contributed by atoms with Gasteiger partial charge in [-0.25, -0.2) is 0 Å². The molecule has 1 amide bonds. The first-order valence-corrected chi connectivity index (χ1v) is 7.04. The number of benzene rings is 2. The van der Waals surface area contributed by atoms with Gasteiger partial charge in [0.15, 0.2) is 0 Å². The van der Waals surface area contributed by atoms with Gasteiger partial charge in [-0.15, -0.1) is 0 Å². The summed E-state index contributed by atoms with van der Waals surface area (Å²) in [4.78, 5) is 14.3. The lowest BCUT2D eigenvalue weighted by Crippen LogP contribution is -2.36. The molecule has 0 atom stereocenters. The Hall–Kier alpha value is -2.40. The summed E-state index contributed by atoms with van der Waals surface area (Å²) in [7, 11) is 0. The minimum atomic E-state index is -0.0501. The number of para-hydroxylation sites is 3. The third kappa shape index (κ3) is 2.36. The van der Waals surface area contributed by atoms with Gasteiger partial charge in [0, 0.05) is 5.56 Å². The van der Waals surface area contributed by atoms with Crippen LogP contribution in [0.1, 0.15) is 11.1 Å². The lowest BCUT2D eigenvalue weighted by Gasteiger charge is -2.33. The highest BCUT2D eigenvalue weighted by Crippen LogP contribution is 2.38. The predicted octanol–water partition coefficient (Wildman–Crippen LogP) is 2.72. The summed E-state index contributed by atoms with van der Waals surface area (Å²) in [5.41, 5.74) is 10.3. The van der Waals surface area contributed by atoms with E-state index in [-0.39, 0.29) is 12.5 Å². The van der Waals surface area contributed by atoms with Crippen LogP contribution >= 0.6 is 12.2 Å². The molecule has 5 heteroatoms. The van der Waals surface area contributed by atoms with Crippen LogP contribution in [0.15, 0.2) is 42.5 Å². The lowest BCUT2D eigenvalue weighted by molar-refractivity contribution is -0.115. The van der Waals surface area contributed by atoms with Crippen LogP contribution in [0.4, 0.5) is 17.1 Å². The molecule has 2 aromatic carbocycles. The van der Waals surface area contributed by atoms with Crippen molar-refractivity contribution in [3.05, 3.63) is 53.6 Å². The fourth-order valence-electron chi connectivity index (χ4n) is 2.65. The molecule has 4 nitrogen and oxygen atoms in total. The van der Waals surface area contributed by atoms with Crippen LogP contribution in [0.25, 0.3) is 0 Å². The Morgan fingerprint density at radius 1 is 1.24 bits per heavy atom. The molecule has 1 heterocycles. The number of carbonyl (C=O) groups is 1. The number of carbonyl (C=O) groups excluding carboxylic acids is 1. The summed E-state index contributed by atoms with van der Waals surface area (Å²) in [5.74, 6) is -0.0501. The third-order valence-corrected chi connectivity index (χ3v) is 3.76. The van der Waals surface area contributed by atoms with Crippen LogP contribution < -0.4 is 16.0 Å². The van der Waals surface area contributed by atoms with Crippen molar-refractivity contribution in [2.24, 2.45) is 5.73 Å². The maximum Gasteiger partial charge on any atom is 0.244 e. The third-order valence-electron chi connectivity index (χ3n) is 3.54. The van der Waals surface area contributed by atoms with E-state index >= 15 is 0 Å². The Morgan fingerprint density at radius 2 is 2.00 bits per heavy atom. The van der Waals surface area contributed by atoms with Gasteiger partial charge in [-0.3, -0.25) is 4.79 Å². The highest BCUT2D eigenvalue weighted by molar-refractivity contribution is 7.80. The van der Waals surface area contributed by atoms with Gasteiger partial charge in [-0.1, -0.05) is 36.5 Å². The van der Waals surface area contributed by atoms with E-state index in [0.29, 0.717) is 4.99 Å². The van der Waals surface area contributed by atoms with Gasteiger partial charge >= 0.3 is 0 Å². The molecule has 106 valence electrons. The molecule has 0 aromatic heterocycles. The molecule has 0 saturated heterocycles. The summed E-state index contributed by atoms with van der Waals surface area (Å²) >= 11 is 5.16. The standard InChI is InChI=1S/C16H15N3OS/c1-10-5-4-6-11(16(17)21)15(10)19-9-14(20)18-12-7-2-3-8-13(12)19/h2-8H,9H2,1H3,(H2,17,21)(H,18,20). The minimum Gasteiger partial charge on any atom is -0.389 e. The molecule has 1 aliphatic rings. The number of hydrogen-bond acceptors (Lipinski definition) is 3. The molecule has 0 aliphatic carbocycles. The fraction of sp³-hybridized carbons (Fsp3) is 0.125. The van der Waals surface area contributed by atoms with Crippen molar-refractivity contribution >= 4 is 40.2 Å². The molecule has 0 radical (unpaired) electrons. The number of fused-ring (bicyclic) bond motifs is 1. The molecule has 0 spiro atoms. The van der Waals surface area contributed by atoms with E-state index in [4.69, 9.17) is 18.0 Å². The Bertz CT molecular complexity index is 742. The van der Waals surface area contributed by atoms with Crippen molar-refractivity contribution in [2.75, 3.05) is 16.8 Å². The zero-order valence-corrected chi connectivity index (χ0v) is 12.4. The monoisotopic (exact) mass is 297 g/mol. The average molecular weight is 297 g/mol. The molecule has 0 saturated carbocycles. The Labute approximate surface area is 128 Å². The number of amides is 1. The summed E-state index contributed by atoms with van der Waals surface area (Å²) in [6.07, 6.45) is 0. The van der Waals surface area contributed by atoms with E-state index in [9.17, 15) is 4.79 Å². The summed E-state index contributed by atoms with van der Waals surface area (Å²) in [6.45, 7) is 2.24. The molecule has 0 unspecified atom stereocenters. The van der Waals surface area contributed by atoms with Crippen molar-refractivity contribution < 1.29 is 4.79 Å². The number of nitrogens with two attached hydrogens (primary N) is 1. The van der Waals surface area contributed by atoms with Crippen LogP contribution in [-0.4, -0.2) is 17.4 Å². The lowest BCUT2D eigenvalue weighted by atomic mass is 10.0. The molecular formula is C16H15N3OS. The number of hydrogen-bond donors (Lipinski definition) is 2. The van der Waals surface area contributed by atoms with Crippen molar-refractivity contribution in [3.8, 4) is 0 Å². The average Bonchev–Trinajstić information content (AvgIpc) is 2.46. The van der Waals surface area contributed by atoms with Crippen LogP contribution in [-0.2, 0) is 4.79 Å². The molecule has 3 rings (SSSR count). The molecule has 0 bridgehead atoms. The smallest absolute Gasteiger partial charge is 0.244 e. The van der Waals surface area contributed by atoms with E-state index in [1.807, 2.05) is 54.3 Å². The summed E-state index contributed by atoms with van der Waals surface area (Å²) in [5, 5.41) is 2.88. The van der Waals surface area contributed by atoms with Gasteiger partial charge in [0.2, 0.25) is 5.91 Å². The maximum atomic E-state index is 12.0. The van der Waals surface area contributed by atoms with Crippen molar-refractivity contribution in [1.29, 1.82) is 0 Å². The highest BCUT2D eigenvalue weighted by atomic mass is 32.1. The maximum absolute atomic E-state index is 12.0. The molecule has 0 fully saturated rings. The van der Waals surface area contributed by atoms with Gasteiger partial charge in [0.25, 0.3) is 0 Å². The van der Waals surface area contributed by atoms with E-state index in [0.717, 1.165) is 28.2 Å². The SMILES string of the molecule is Cc1cccc(C(N)=S)c1N1CC(=O)Nc2ccccc21. The molecule has 3 N–H and O–H groups in total. The van der Waals surface area contributed by atoms with E-state index in [2.05, 4.69) is 5.32 Å². The van der Waals surface area contributed by atoms with E-state index in [1.165, 1.54) is 0 Å². The van der Waals surface area contributed by atoms with Crippen molar-refractivity contribution in [3.63, 3.8) is 0 Å². The first kappa shape index (κ1) is 13.6. The van der Waals surface area contributed by atoms with Crippen LogP contribution in [0.2, 0.25) is 0 Å². The van der Waals surface area contributed by atoms with Crippen LogP contribution in [0.5, 0.6) is 0 Å². The topological polar surface area (TPSA) is 58.4 Å². The normalized spacial score (nSPS) is 13.6. The van der Waals surface area contributed by atoms with E-state index < -0.39 is 0 Å². The molecule has 2 aromatic rings. The van der Waals surface area contributed by atoms with Crippen LogP contribution in [0.3, 0.4) is 0 Å². The van der Waals surface area contributed by atoms with Crippen LogP contribution in [0, 0.1) is 6.92 Å². The van der Waals surface area contributed by atoms with Crippen molar-refractivity contribution in [1.82, 2.24) is 0 Å². The van der Waals surface area contributed by atoms with Gasteiger partial charge < -0.3 is 16.0 Å². The zero-order chi connectivity index (χ0) is 15.0. The van der Waals surface area contributed by atoms with Gasteiger partial charge in [-0.05, 0) is 30.7 Å². The quantitative estimate of drug-likeness (QED) is 0.837. The second-order valence-electron chi connectivity index (χ2n) is 4.99. The molecule has 1 aliphatic heterocycles. The Morgan fingerprint density at radius 3 is 2.76 bits per heavy atom. The first-order valence-electron chi connectivity index (χ1n) is 6.64. The van der Waals surface area contributed by atoms with Gasteiger partial charge in [0.1, 0.15) is 11.5 Å². The second kappa shape index (κ2) is 5.18. The van der Waals surface area contributed by atoms with Gasteiger partial charge in [0.05, 0.1) is 17.1 Å². The number of rotatable bonds is 2. The Balaban J connectivity index is 2.22. The summed E-state index contributed by atoms with van der Waals surface area (Å²) in [6, 6.07) is 13.5. The minimum absolute atomic E-state index is 0.0501. The number of nitrogens with one attached hydrogen (secondary N) is 1. The highest BCUT2D eigenvalue weighted by Gasteiger charge is 2.26. The largest absolute Gasteiger partial charge is 0.389 e. The van der Waals surface area contributed by atoms with Crippen molar-refractivity contribution in [2.45, 2.75) is 6.92 Å². The Kier molecular flexibility index (Phi) is 3.35. The second-order valence-corrected chi connectivity index (χ2v) is 5.43. The number of nitrogens with zero attached hydrogens (tertiary/aromatic N) is 1. The molecular weight excluding hydrogens is 282 g/mol. The molecule has 21 heavy (non-hydrogen) atoms. The summed E-state index contributed by atoms with van der Waals surface area (Å²) < 4.78 is 0. The fourth-order valence-corrected chi connectivity index (χ4v) is 2.81.